The number of pyridine rings is 1. The predicted molar refractivity (Wildman–Crippen MR) is 74.1 cm³/mol. The van der Waals surface area contributed by atoms with Crippen molar-refractivity contribution in [2.45, 2.75) is 17.9 Å². The van der Waals surface area contributed by atoms with Crippen LogP contribution in [0.4, 0.5) is 0 Å². The molecule has 0 radical (unpaired) electrons. The Bertz CT molecular complexity index is 776. The molecule has 2 N–H and O–H groups in total. The fraction of sp³-hybridized carbons (Fsp3) is 0.167. The van der Waals surface area contributed by atoms with Crippen molar-refractivity contribution in [1.29, 1.82) is 0 Å². The van der Waals surface area contributed by atoms with Gasteiger partial charge in [0.05, 0.1) is 5.52 Å². The molecule has 2 aromatic rings. The molecule has 0 fully saturated rings. The summed E-state index contributed by atoms with van der Waals surface area (Å²) >= 11 is 0. The van der Waals surface area contributed by atoms with Gasteiger partial charge >= 0.3 is 0 Å². The van der Waals surface area contributed by atoms with Crippen LogP contribution in [0.5, 0.6) is 5.75 Å². The van der Waals surface area contributed by atoms with Gasteiger partial charge in [-0.3, -0.25) is 9.78 Å². The van der Waals surface area contributed by atoms with Crippen LogP contribution in [0.3, 0.4) is 0 Å². The van der Waals surface area contributed by atoms with E-state index in [4.69, 9.17) is 21.2 Å². The highest BCUT2D eigenvalue weighted by Gasteiger charge is 2.19. The first-order valence-electron chi connectivity index (χ1n) is 5.59. The molecule has 0 saturated carbocycles. The number of carbonyl (C=O) groups is 1. The number of halogens is 1. The van der Waals surface area contributed by atoms with Crippen molar-refractivity contribution in [3.05, 3.63) is 30.5 Å². The second-order valence-electron chi connectivity index (χ2n) is 4.06. The number of ether oxygens (including phenoxy) is 1. The fourth-order valence-electron chi connectivity index (χ4n) is 1.67. The zero-order valence-electron chi connectivity index (χ0n) is 10.4. The van der Waals surface area contributed by atoms with Crippen molar-refractivity contribution < 1.29 is 17.9 Å². The molecule has 106 valence electrons. The molecule has 0 saturated heterocycles. The summed E-state index contributed by atoms with van der Waals surface area (Å²) in [6.07, 6.45) is 0.590. The summed E-state index contributed by atoms with van der Waals surface area (Å²) in [5.74, 6) is -0.320. The number of nitrogens with two attached hydrogens (primary N) is 1. The average molecular weight is 315 g/mol. The van der Waals surface area contributed by atoms with Gasteiger partial charge in [0.2, 0.25) is 0 Å². The van der Waals surface area contributed by atoms with Crippen LogP contribution in [-0.4, -0.2) is 25.4 Å². The predicted octanol–water partition coefficient (Wildman–Crippen LogP) is 1.41. The average Bonchev–Trinajstić information content (AvgIpc) is 2.37. The number of fused-ring (bicyclic) bond motifs is 1. The lowest BCUT2D eigenvalue weighted by atomic mass is 10.2. The fourth-order valence-corrected chi connectivity index (χ4v) is 2.67. The summed E-state index contributed by atoms with van der Waals surface area (Å²) in [4.78, 5) is 14.9. The summed E-state index contributed by atoms with van der Waals surface area (Å²) in [6, 6.07) is 5.94. The third kappa shape index (κ3) is 2.83. The van der Waals surface area contributed by atoms with Crippen LogP contribution in [0, 0.1) is 0 Å². The quantitative estimate of drug-likeness (QED) is 0.860. The molecule has 8 heteroatoms. The number of nitrogens with zero attached hydrogens (tertiary/aromatic N) is 1. The second-order valence-corrected chi connectivity index (χ2v) is 6.60. The van der Waals surface area contributed by atoms with Crippen molar-refractivity contribution in [3.63, 3.8) is 0 Å². The summed E-state index contributed by atoms with van der Waals surface area (Å²) in [7, 11) is 1.43. The van der Waals surface area contributed by atoms with Crippen LogP contribution in [0.25, 0.3) is 10.9 Å². The summed E-state index contributed by atoms with van der Waals surface area (Å²) in [6.45, 7) is 1.50. The molecule has 20 heavy (non-hydrogen) atoms. The maximum atomic E-state index is 11.5. The van der Waals surface area contributed by atoms with Crippen molar-refractivity contribution in [2.75, 3.05) is 0 Å². The minimum absolute atomic E-state index is 0.117. The van der Waals surface area contributed by atoms with Crippen LogP contribution < -0.4 is 10.5 Å². The van der Waals surface area contributed by atoms with Crippen LogP contribution in [0.15, 0.2) is 35.4 Å². The first kappa shape index (κ1) is 14.5. The third-order valence-corrected chi connectivity index (χ3v) is 4.01. The molecule has 0 aliphatic carbocycles. The number of hydrogen-bond acceptors (Lipinski definition) is 5. The summed E-state index contributed by atoms with van der Waals surface area (Å²) in [5.41, 5.74) is 5.31. The van der Waals surface area contributed by atoms with E-state index >= 15 is 0 Å². The number of hydrogen-bond donors (Lipinski definition) is 1. The highest BCUT2D eigenvalue weighted by molar-refractivity contribution is 8.14. The van der Waals surface area contributed by atoms with Gasteiger partial charge in [-0.25, -0.2) is 8.42 Å². The largest absolute Gasteiger partial charge is 0.480 e. The van der Waals surface area contributed by atoms with Gasteiger partial charge in [-0.2, -0.15) is 0 Å². The van der Waals surface area contributed by atoms with Gasteiger partial charge in [0, 0.05) is 22.3 Å². The molecule has 2 rings (SSSR count). The molecule has 1 heterocycles. The first-order chi connectivity index (χ1) is 9.30. The van der Waals surface area contributed by atoms with Crippen LogP contribution >= 0.6 is 10.7 Å². The number of amides is 1. The first-order valence-corrected chi connectivity index (χ1v) is 7.90. The molecule has 1 aromatic carbocycles. The van der Waals surface area contributed by atoms with E-state index in [1.165, 1.54) is 25.3 Å². The van der Waals surface area contributed by atoms with Crippen LogP contribution in [0.2, 0.25) is 0 Å². The number of carbonyl (C=O) groups excluding carboxylic acids is 1. The Morgan fingerprint density at radius 3 is 2.70 bits per heavy atom. The Hall–Kier alpha value is -1.86. The van der Waals surface area contributed by atoms with Gasteiger partial charge < -0.3 is 10.5 Å². The molecule has 0 bridgehead atoms. The molecule has 1 unspecified atom stereocenters. The van der Waals surface area contributed by atoms with E-state index in [2.05, 4.69) is 4.98 Å². The molecule has 6 nitrogen and oxygen atoms in total. The zero-order chi connectivity index (χ0) is 14.9. The molecule has 1 aromatic heterocycles. The Morgan fingerprint density at radius 1 is 1.40 bits per heavy atom. The van der Waals surface area contributed by atoms with E-state index in [0.29, 0.717) is 11.1 Å². The van der Waals surface area contributed by atoms with Crippen LogP contribution in [0.1, 0.15) is 6.92 Å². The van der Waals surface area contributed by atoms with E-state index in [-0.39, 0.29) is 10.4 Å². The molecule has 1 amide bonds. The second kappa shape index (κ2) is 5.26. The Labute approximate surface area is 119 Å². The smallest absolute Gasteiger partial charge is 0.263 e. The number of aromatic nitrogens is 1. The van der Waals surface area contributed by atoms with Gasteiger partial charge in [-0.15, -0.1) is 0 Å². The third-order valence-electron chi connectivity index (χ3n) is 2.66. The molecular weight excluding hydrogens is 304 g/mol. The van der Waals surface area contributed by atoms with Gasteiger partial charge in [0.25, 0.3) is 15.0 Å². The lowest BCUT2D eigenvalue weighted by molar-refractivity contribution is -0.123. The van der Waals surface area contributed by atoms with Crippen molar-refractivity contribution in [2.24, 2.45) is 5.73 Å². The van der Waals surface area contributed by atoms with Gasteiger partial charge in [-0.1, -0.05) is 0 Å². The highest BCUT2D eigenvalue weighted by Crippen LogP contribution is 2.31. The maximum absolute atomic E-state index is 11.5. The number of primary amides is 1. The summed E-state index contributed by atoms with van der Waals surface area (Å²) < 4.78 is 28.4. The molecule has 1 atom stereocenters. The Kier molecular flexibility index (Phi) is 3.82. The normalized spacial score (nSPS) is 13.1. The van der Waals surface area contributed by atoms with E-state index in [1.807, 2.05) is 0 Å². The minimum Gasteiger partial charge on any atom is -0.480 e. The van der Waals surface area contributed by atoms with E-state index < -0.39 is 21.1 Å². The number of rotatable bonds is 4. The highest BCUT2D eigenvalue weighted by atomic mass is 35.7. The summed E-state index contributed by atoms with van der Waals surface area (Å²) in [5, 5.41) is 0.433. The van der Waals surface area contributed by atoms with Crippen molar-refractivity contribution in [1.82, 2.24) is 4.98 Å². The lowest BCUT2D eigenvalue weighted by Crippen LogP contribution is -2.30. The van der Waals surface area contributed by atoms with E-state index in [0.717, 1.165) is 0 Å². The van der Waals surface area contributed by atoms with E-state index in [9.17, 15) is 13.2 Å². The Morgan fingerprint density at radius 2 is 2.10 bits per heavy atom. The molecule has 0 aliphatic rings. The van der Waals surface area contributed by atoms with Gasteiger partial charge in [-0.05, 0) is 31.2 Å². The molecular formula is C12H11ClN2O4S. The zero-order valence-corrected chi connectivity index (χ0v) is 12.0. The topological polar surface area (TPSA) is 99.3 Å². The number of benzene rings is 1. The SMILES string of the molecule is CC(Oc1ccc(S(=O)(=O)Cl)c2ncccc12)C(N)=O. The molecule has 0 aliphatic heterocycles. The van der Waals surface area contributed by atoms with Gasteiger partial charge in [0.15, 0.2) is 6.10 Å². The van der Waals surface area contributed by atoms with Crippen molar-refractivity contribution >= 4 is 36.5 Å². The molecule has 0 spiro atoms. The van der Waals surface area contributed by atoms with E-state index in [1.54, 1.807) is 12.1 Å². The monoisotopic (exact) mass is 314 g/mol. The Balaban J connectivity index is 2.63. The minimum atomic E-state index is -3.93. The standard InChI is InChI=1S/C12H11ClN2O4S/c1-7(12(14)16)19-9-4-5-10(20(13,17)18)11-8(9)3-2-6-15-11/h2-7H,1H3,(H2,14,16). The lowest BCUT2D eigenvalue weighted by Gasteiger charge is -2.14. The van der Waals surface area contributed by atoms with Crippen molar-refractivity contribution in [3.8, 4) is 5.75 Å². The van der Waals surface area contributed by atoms with Crippen LogP contribution in [-0.2, 0) is 13.8 Å². The van der Waals surface area contributed by atoms with Gasteiger partial charge in [0.1, 0.15) is 10.6 Å². The maximum Gasteiger partial charge on any atom is 0.263 e.